The van der Waals surface area contributed by atoms with Crippen molar-refractivity contribution >= 4 is 40.7 Å². The van der Waals surface area contributed by atoms with Gasteiger partial charge in [-0.25, -0.2) is 9.78 Å². The van der Waals surface area contributed by atoms with Crippen LogP contribution >= 0.6 is 23.2 Å². The first kappa shape index (κ1) is 17.8. The zero-order chi connectivity index (χ0) is 17.6. The number of aromatic nitrogens is 1. The van der Waals surface area contributed by atoms with Gasteiger partial charge in [0, 0.05) is 30.9 Å². The minimum absolute atomic E-state index is 0.339. The fourth-order valence-corrected chi connectivity index (χ4v) is 2.93. The van der Waals surface area contributed by atoms with Crippen molar-refractivity contribution in [2.45, 2.75) is 6.54 Å². The molecule has 0 bridgehead atoms. The van der Waals surface area contributed by atoms with Crippen LogP contribution in [0.25, 0.3) is 0 Å². The van der Waals surface area contributed by atoms with Crippen molar-refractivity contribution in [3.05, 3.63) is 52.1 Å². The molecule has 2 aromatic rings. The maximum atomic E-state index is 12.1. The average Bonchev–Trinajstić information content (AvgIpc) is 2.63. The van der Waals surface area contributed by atoms with E-state index < -0.39 is 0 Å². The van der Waals surface area contributed by atoms with Crippen LogP contribution in [0.5, 0.6) is 0 Å². The summed E-state index contributed by atoms with van der Waals surface area (Å²) in [5, 5.41) is 6.42. The van der Waals surface area contributed by atoms with E-state index in [1.807, 2.05) is 12.1 Å². The molecule has 1 saturated heterocycles. The van der Waals surface area contributed by atoms with Crippen LogP contribution < -0.4 is 15.5 Å². The predicted molar refractivity (Wildman–Crippen MR) is 99.6 cm³/mol. The fourth-order valence-electron chi connectivity index (χ4n) is 2.48. The number of urea groups is 1. The molecule has 0 radical (unpaired) electrons. The smallest absolute Gasteiger partial charge is 0.319 e. The van der Waals surface area contributed by atoms with Gasteiger partial charge in [-0.1, -0.05) is 23.2 Å². The third-order valence-electron chi connectivity index (χ3n) is 3.78. The molecule has 1 aromatic carbocycles. The van der Waals surface area contributed by atoms with Crippen LogP contribution in [0, 0.1) is 0 Å². The second-order valence-corrected chi connectivity index (χ2v) is 6.40. The number of carbonyl (C=O) groups is 1. The lowest BCUT2D eigenvalue weighted by Gasteiger charge is -2.28. The van der Waals surface area contributed by atoms with Crippen molar-refractivity contribution in [3.63, 3.8) is 0 Å². The first-order chi connectivity index (χ1) is 12.1. The second-order valence-electron chi connectivity index (χ2n) is 5.55. The van der Waals surface area contributed by atoms with Gasteiger partial charge >= 0.3 is 6.03 Å². The van der Waals surface area contributed by atoms with Gasteiger partial charge in [0.15, 0.2) is 0 Å². The molecular weight excluding hydrogens is 363 g/mol. The van der Waals surface area contributed by atoms with Crippen molar-refractivity contribution in [3.8, 4) is 0 Å². The molecule has 132 valence electrons. The molecule has 25 heavy (non-hydrogen) atoms. The summed E-state index contributed by atoms with van der Waals surface area (Å²) in [4.78, 5) is 18.6. The Morgan fingerprint density at radius 2 is 2.00 bits per heavy atom. The molecule has 1 aliphatic rings. The second kappa shape index (κ2) is 8.38. The van der Waals surface area contributed by atoms with Gasteiger partial charge in [0.1, 0.15) is 5.82 Å². The summed E-state index contributed by atoms with van der Waals surface area (Å²) >= 11 is 11.9. The minimum atomic E-state index is -0.339. The Morgan fingerprint density at radius 1 is 1.20 bits per heavy atom. The lowest BCUT2D eigenvalue weighted by Crippen LogP contribution is -2.36. The maximum Gasteiger partial charge on any atom is 0.319 e. The van der Waals surface area contributed by atoms with Gasteiger partial charge in [0.25, 0.3) is 0 Å². The lowest BCUT2D eigenvalue weighted by molar-refractivity contribution is 0.122. The quantitative estimate of drug-likeness (QED) is 0.850. The topological polar surface area (TPSA) is 66.5 Å². The van der Waals surface area contributed by atoms with E-state index in [-0.39, 0.29) is 6.03 Å². The van der Waals surface area contributed by atoms with Crippen molar-refractivity contribution in [1.29, 1.82) is 0 Å². The lowest BCUT2D eigenvalue weighted by atomic mass is 10.2. The fraction of sp³-hybridized carbons (Fsp3) is 0.294. The summed E-state index contributed by atoms with van der Waals surface area (Å²) in [6.45, 7) is 3.43. The number of ether oxygens (including phenoxy) is 1. The normalized spacial score (nSPS) is 14.2. The third-order valence-corrected chi connectivity index (χ3v) is 4.33. The van der Waals surface area contributed by atoms with Crippen molar-refractivity contribution in [2.24, 2.45) is 0 Å². The Labute approximate surface area is 156 Å². The molecule has 2 heterocycles. The number of nitrogens with one attached hydrogen (secondary N) is 2. The van der Waals surface area contributed by atoms with Gasteiger partial charge < -0.3 is 20.3 Å². The standard InChI is InChI=1S/C17H18Cl2N4O2/c18-13-1-2-15(14(19)10-13)22-17(24)21-11-12-3-4-20-16(9-12)23-5-7-25-8-6-23/h1-4,9-10H,5-8,11H2,(H2,21,22,24). The number of hydrogen-bond acceptors (Lipinski definition) is 4. The number of carbonyl (C=O) groups excluding carboxylic acids is 1. The van der Waals surface area contributed by atoms with Gasteiger partial charge in [-0.15, -0.1) is 0 Å². The highest BCUT2D eigenvalue weighted by molar-refractivity contribution is 6.36. The highest BCUT2D eigenvalue weighted by Crippen LogP contribution is 2.25. The molecule has 1 fully saturated rings. The van der Waals surface area contributed by atoms with Gasteiger partial charge in [0.2, 0.25) is 0 Å². The van der Waals surface area contributed by atoms with E-state index in [0.717, 1.165) is 24.5 Å². The van der Waals surface area contributed by atoms with E-state index in [1.165, 1.54) is 0 Å². The summed E-state index contributed by atoms with van der Waals surface area (Å²) in [5.41, 5.74) is 1.47. The Kier molecular flexibility index (Phi) is 5.96. The van der Waals surface area contributed by atoms with Crippen LogP contribution in [0.4, 0.5) is 16.3 Å². The molecule has 0 aliphatic carbocycles. The number of anilines is 2. The maximum absolute atomic E-state index is 12.1. The molecule has 3 rings (SSSR count). The van der Waals surface area contributed by atoms with Crippen LogP contribution in [0.3, 0.4) is 0 Å². The Hall–Kier alpha value is -2.02. The van der Waals surface area contributed by atoms with E-state index >= 15 is 0 Å². The Morgan fingerprint density at radius 3 is 2.76 bits per heavy atom. The summed E-state index contributed by atoms with van der Waals surface area (Å²) < 4.78 is 5.35. The predicted octanol–water partition coefficient (Wildman–Crippen LogP) is 3.55. The van der Waals surface area contributed by atoms with Crippen LogP contribution in [0.15, 0.2) is 36.5 Å². The number of morpholine rings is 1. The summed E-state index contributed by atoms with van der Waals surface area (Å²) in [6, 6.07) is 8.42. The molecule has 6 nitrogen and oxygen atoms in total. The molecule has 0 spiro atoms. The molecule has 0 atom stereocenters. The molecule has 2 amide bonds. The van der Waals surface area contributed by atoms with Crippen LogP contribution in [-0.4, -0.2) is 37.3 Å². The van der Waals surface area contributed by atoms with Gasteiger partial charge in [-0.3, -0.25) is 0 Å². The third kappa shape index (κ3) is 4.98. The molecule has 0 saturated carbocycles. The molecule has 0 unspecified atom stereocenters. The van der Waals surface area contributed by atoms with Crippen molar-refractivity contribution in [1.82, 2.24) is 10.3 Å². The molecular formula is C17H18Cl2N4O2. The number of nitrogens with zero attached hydrogens (tertiary/aromatic N) is 2. The SMILES string of the molecule is O=C(NCc1ccnc(N2CCOCC2)c1)Nc1ccc(Cl)cc1Cl. The van der Waals surface area contributed by atoms with E-state index in [9.17, 15) is 4.79 Å². The largest absolute Gasteiger partial charge is 0.378 e. The van der Waals surface area contributed by atoms with E-state index in [1.54, 1.807) is 24.4 Å². The highest BCUT2D eigenvalue weighted by Gasteiger charge is 2.13. The summed E-state index contributed by atoms with van der Waals surface area (Å²) in [6.07, 6.45) is 1.75. The van der Waals surface area contributed by atoms with Crippen LogP contribution in [-0.2, 0) is 11.3 Å². The van der Waals surface area contributed by atoms with Crippen LogP contribution in [0.1, 0.15) is 5.56 Å². The van der Waals surface area contributed by atoms with E-state index in [4.69, 9.17) is 27.9 Å². The summed E-state index contributed by atoms with van der Waals surface area (Å²) in [7, 11) is 0. The minimum Gasteiger partial charge on any atom is -0.378 e. The number of amides is 2. The zero-order valence-electron chi connectivity index (χ0n) is 13.5. The number of hydrogen-bond donors (Lipinski definition) is 2. The molecule has 1 aliphatic heterocycles. The highest BCUT2D eigenvalue weighted by atomic mass is 35.5. The number of halogens is 2. The van der Waals surface area contributed by atoms with Gasteiger partial charge in [0.05, 0.1) is 23.9 Å². The Bertz CT molecular complexity index is 751. The Balaban J connectivity index is 1.56. The molecule has 2 N–H and O–H groups in total. The van der Waals surface area contributed by atoms with Crippen molar-refractivity contribution in [2.75, 3.05) is 36.5 Å². The monoisotopic (exact) mass is 380 g/mol. The number of rotatable bonds is 4. The van der Waals surface area contributed by atoms with E-state index in [0.29, 0.717) is 35.5 Å². The van der Waals surface area contributed by atoms with Crippen molar-refractivity contribution < 1.29 is 9.53 Å². The average molecular weight is 381 g/mol. The number of benzene rings is 1. The molecule has 1 aromatic heterocycles. The molecule has 8 heteroatoms. The van der Waals surface area contributed by atoms with E-state index in [2.05, 4.69) is 20.5 Å². The van der Waals surface area contributed by atoms with Crippen LogP contribution in [0.2, 0.25) is 10.0 Å². The van der Waals surface area contributed by atoms with Gasteiger partial charge in [-0.05, 0) is 35.9 Å². The number of pyridine rings is 1. The zero-order valence-corrected chi connectivity index (χ0v) is 15.0. The van der Waals surface area contributed by atoms with Gasteiger partial charge in [-0.2, -0.15) is 0 Å². The summed E-state index contributed by atoms with van der Waals surface area (Å²) in [5.74, 6) is 0.892. The first-order valence-corrected chi connectivity index (χ1v) is 8.65. The first-order valence-electron chi connectivity index (χ1n) is 7.89.